The number of fused-ring (bicyclic) bond motifs is 7. The fourth-order valence-corrected chi connectivity index (χ4v) is 17.1. The van der Waals surface area contributed by atoms with Gasteiger partial charge in [0.1, 0.15) is 67.1 Å². The molecule has 3 aliphatic heterocycles. The van der Waals surface area contributed by atoms with Crippen LogP contribution >= 0.6 is 0 Å². The van der Waals surface area contributed by atoms with E-state index in [4.69, 9.17) is 42.6 Å². The normalized spacial score (nSPS) is 46.5. The SMILES string of the molecule is CCC(C)C(=O)O[C@H]1[C@H](OC(=O)/C=C(/C)CCC=C(C)C)C(C)(C)C[C@H]2C3=CC[C@@H]4[C@@]5(C)CC[C@H](O[C@@H]6O[C@H](C(=O)OC)[C@@H](O[C@@H]7O[C@@H](CO)[C@H](O)[C@H]7O)[C@H](O)[C@H]6O[C@@H]6O[C@H](CO)[C@@H](O)[C@H](O)[C@H]6O)C(C)(C)[C@@H]5CC[C@@]4(C)[C@]3(C)[C@@H](O)[C@@H](O)[C@]21CO. The van der Waals surface area contributed by atoms with Gasteiger partial charge in [-0.1, -0.05) is 91.2 Å². The van der Waals surface area contributed by atoms with Crippen LogP contribution in [0, 0.1) is 56.2 Å². The van der Waals surface area contributed by atoms with Gasteiger partial charge in [0.25, 0.3) is 0 Å². The van der Waals surface area contributed by atoms with Crippen molar-refractivity contribution in [2.45, 2.75) is 257 Å². The van der Waals surface area contributed by atoms with Crippen LogP contribution in [0.25, 0.3) is 0 Å². The summed E-state index contributed by atoms with van der Waals surface area (Å²) < 4.78 is 54.8. The third-order valence-corrected chi connectivity index (χ3v) is 22.5. The Kier molecular flexibility index (Phi) is 20.7. The van der Waals surface area contributed by atoms with E-state index in [1.54, 1.807) is 6.92 Å². The topological polar surface area (TPSA) is 357 Å². The lowest BCUT2D eigenvalue weighted by atomic mass is 9.32. The van der Waals surface area contributed by atoms with Crippen LogP contribution in [0.1, 0.15) is 141 Å². The number of hydrogen-bond donors (Lipinski definition) is 11. The maximum Gasteiger partial charge on any atom is 0.337 e. The molecule has 3 saturated heterocycles. The van der Waals surface area contributed by atoms with E-state index in [1.807, 2.05) is 48.5 Å². The first-order chi connectivity index (χ1) is 40.2. The Labute approximate surface area is 504 Å². The van der Waals surface area contributed by atoms with Gasteiger partial charge in [0.2, 0.25) is 0 Å². The maximum atomic E-state index is 14.1. The number of carbonyl (C=O) groups excluding carboxylic acids is 3. The van der Waals surface area contributed by atoms with Crippen molar-refractivity contribution in [1.82, 2.24) is 0 Å². The molecular weight excluding hydrogens is 1120 g/mol. The van der Waals surface area contributed by atoms with Crippen molar-refractivity contribution in [3.8, 4) is 0 Å². The minimum absolute atomic E-state index is 0.122. The molecule has 4 saturated carbocycles. The predicted molar refractivity (Wildman–Crippen MR) is 304 cm³/mol. The van der Waals surface area contributed by atoms with Crippen LogP contribution in [0.4, 0.5) is 0 Å². The van der Waals surface area contributed by atoms with Gasteiger partial charge < -0.3 is 98.8 Å². The van der Waals surface area contributed by atoms with Crippen molar-refractivity contribution < 1.29 is 113 Å². The second-order valence-corrected chi connectivity index (χ2v) is 28.4. The Morgan fingerprint density at radius 2 is 1.31 bits per heavy atom. The molecule has 0 amide bonds. The van der Waals surface area contributed by atoms with Gasteiger partial charge in [-0.15, -0.1) is 0 Å². The van der Waals surface area contributed by atoms with E-state index >= 15 is 0 Å². The molecule has 27 atom stereocenters. The van der Waals surface area contributed by atoms with Crippen molar-refractivity contribution in [3.63, 3.8) is 0 Å². The lowest BCUT2D eigenvalue weighted by molar-refractivity contribution is -0.383. The summed E-state index contributed by atoms with van der Waals surface area (Å²) in [6, 6.07) is 0. The summed E-state index contributed by atoms with van der Waals surface area (Å²) in [5.41, 5.74) is -2.86. The molecule has 5 aliphatic carbocycles. The van der Waals surface area contributed by atoms with E-state index in [-0.39, 0.29) is 11.8 Å². The zero-order valence-electron chi connectivity index (χ0n) is 52.3. The van der Waals surface area contributed by atoms with Gasteiger partial charge in [-0.3, -0.25) is 4.79 Å². The number of methoxy groups -OCH3 is 1. The molecular formula is C63H100O23. The Balaban J connectivity index is 1.12. The van der Waals surface area contributed by atoms with E-state index in [1.165, 1.54) is 6.08 Å². The number of aliphatic hydroxyl groups excluding tert-OH is 11. The first-order valence-corrected chi connectivity index (χ1v) is 30.9. The zero-order valence-corrected chi connectivity index (χ0v) is 52.3. The van der Waals surface area contributed by atoms with Gasteiger partial charge in [-0.25, -0.2) is 9.59 Å². The summed E-state index contributed by atoms with van der Waals surface area (Å²) in [5, 5.41) is 125. The largest absolute Gasteiger partial charge is 0.467 e. The molecule has 23 nitrogen and oxygen atoms in total. The van der Waals surface area contributed by atoms with Crippen LogP contribution in [0.3, 0.4) is 0 Å². The molecule has 8 rings (SSSR count). The summed E-state index contributed by atoms with van der Waals surface area (Å²) in [6.45, 7) is 21.6. The van der Waals surface area contributed by atoms with Crippen molar-refractivity contribution >= 4 is 17.9 Å². The Morgan fingerprint density at radius 3 is 1.90 bits per heavy atom. The van der Waals surface area contributed by atoms with E-state index < -0.39 is 199 Å². The smallest absolute Gasteiger partial charge is 0.337 e. The van der Waals surface area contributed by atoms with Crippen LogP contribution < -0.4 is 0 Å². The van der Waals surface area contributed by atoms with E-state index in [2.05, 4.69) is 39.8 Å². The van der Waals surface area contributed by atoms with E-state index in [9.17, 15) is 70.6 Å². The second kappa shape index (κ2) is 25.9. The van der Waals surface area contributed by atoms with Gasteiger partial charge in [0.05, 0.1) is 56.6 Å². The molecule has 0 bridgehead atoms. The summed E-state index contributed by atoms with van der Waals surface area (Å²) in [6.07, 6.45) is -20.5. The highest BCUT2D eigenvalue weighted by Gasteiger charge is 2.76. The summed E-state index contributed by atoms with van der Waals surface area (Å²) >= 11 is 0. The fraction of sp³-hybridized carbons (Fsp3) is 0.857. The summed E-state index contributed by atoms with van der Waals surface area (Å²) in [4.78, 5) is 41.7. The molecule has 7 fully saturated rings. The average Bonchev–Trinajstić information content (AvgIpc) is 0.712. The third kappa shape index (κ3) is 11.6. The molecule has 0 radical (unpaired) electrons. The third-order valence-electron chi connectivity index (χ3n) is 22.5. The Morgan fingerprint density at radius 1 is 0.709 bits per heavy atom. The maximum absolute atomic E-state index is 14.1. The lowest BCUT2D eigenvalue weighted by Gasteiger charge is -2.73. The minimum atomic E-state index is -1.99. The van der Waals surface area contributed by atoms with Crippen LogP contribution in [0.15, 0.2) is 34.9 Å². The van der Waals surface area contributed by atoms with Gasteiger partial charge in [-0.2, -0.15) is 0 Å². The number of ether oxygens (including phenoxy) is 9. The highest BCUT2D eigenvalue weighted by atomic mass is 16.8. The lowest BCUT2D eigenvalue weighted by Crippen LogP contribution is -2.76. The molecule has 0 spiro atoms. The molecule has 0 aromatic rings. The van der Waals surface area contributed by atoms with E-state index in [0.29, 0.717) is 51.4 Å². The first kappa shape index (κ1) is 68.9. The molecule has 3 heterocycles. The molecule has 1 unspecified atom stereocenters. The van der Waals surface area contributed by atoms with Crippen LogP contribution in [-0.4, -0.2) is 218 Å². The molecule has 0 aromatic heterocycles. The summed E-state index contributed by atoms with van der Waals surface area (Å²) in [7, 11) is 1.07. The van der Waals surface area contributed by atoms with Crippen molar-refractivity contribution in [3.05, 3.63) is 34.9 Å². The van der Waals surface area contributed by atoms with Crippen molar-refractivity contribution in [1.29, 1.82) is 0 Å². The molecule has 11 N–H and O–H groups in total. The predicted octanol–water partition coefficient (Wildman–Crippen LogP) is 2.16. The van der Waals surface area contributed by atoms with E-state index in [0.717, 1.165) is 30.2 Å². The zero-order chi connectivity index (χ0) is 63.7. The van der Waals surface area contributed by atoms with Crippen molar-refractivity contribution in [2.75, 3.05) is 26.9 Å². The van der Waals surface area contributed by atoms with Gasteiger partial charge in [0, 0.05) is 16.9 Å². The number of hydrogen-bond acceptors (Lipinski definition) is 23. The van der Waals surface area contributed by atoms with Crippen LogP contribution in [0.2, 0.25) is 0 Å². The standard InChI is InChI=1S/C63H100O23/c1-14-31(5)53(76)86-52-51(82-39(67)24-30(4)17-15-16-29(2)3)58(6,7)25-33-32-18-19-37-60(10)22-21-38(59(8,9)36(60)20-23-61(37,11)62(32,12)49(74)50(75)63(33,52)28-66)81-57-47(84-56-44(72)42(70)40(68)34(26-64)79-56)45(73)46(48(85-57)54(77)78-13)83-55-43(71)41(69)35(27-65)80-55/h16,18,24,31,33-38,40-52,55-57,64-66,68-75H,14-15,17,19-23,25-28H2,1-13H3/b30-24-/t31?,33-,34+,35-,36-,37+,38-,40+,41-,42-,43+,44+,45-,46-,47+,48-,49-,50+,51-,52-,55-,56-,57+,60-,61+,62-,63-/m0/s1. The Bertz CT molecular complexity index is 2510. The number of allylic oxidation sites excluding steroid dienone is 4. The molecule has 0 aromatic carbocycles. The summed E-state index contributed by atoms with van der Waals surface area (Å²) in [5.74, 6) is -3.75. The Hall–Kier alpha value is -3.05. The molecule has 86 heavy (non-hydrogen) atoms. The number of aliphatic hydroxyl groups is 11. The first-order valence-electron chi connectivity index (χ1n) is 30.9. The molecule has 490 valence electrons. The molecule has 23 heteroatoms. The fourth-order valence-electron chi connectivity index (χ4n) is 17.1. The van der Waals surface area contributed by atoms with Gasteiger partial charge in [0.15, 0.2) is 31.1 Å². The second-order valence-electron chi connectivity index (χ2n) is 28.4. The minimum Gasteiger partial charge on any atom is -0.467 e. The monoisotopic (exact) mass is 1220 g/mol. The van der Waals surface area contributed by atoms with Crippen LogP contribution in [0.5, 0.6) is 0 Å². The number of carbonyl (C=O) groups is 3. The molecule has 8 aliphatic rings. The average molecular weight is 1230 g/mol. The number of esters is 3. The highest BCUT2D eigenvalue weighted by Crippen LogP contribution is 2.76. The quantitative estimate of drug-likeness (QED) is 0.0308. The highest BCUT2D eigenvalue weighted by molar-refractivity contribution is 5.83. The van der Waals surface area contributed by atoms with Gasteiger partial charge >= 0.3 is 17.9 Å². The van der Waals surface area contributed by atoms with Crippen molar-refractivity contribution in [2.24, 2.45) is 56.2 Å². The number of rotatable bonds is 18. The van der Waals surface area contributed by atoms with Crippen LogP contribution in [-0.2, 0) is 57.0 Å². The van der Waals surface area contributed by atoms with Gasteiger partial charge in [-0.05, 0) is 113 Å².